The zero-order valence-corrected chi connectivity index (χ0v) is 20.4. The summed E-state index contributed by atoms with van der Waals surface area (Å²) in [6, 6.07) is 34.9. The van der Waals surface area contributed by atoms with Crippen LogP contribution in [0.15, 0.2) is 103 Å². The van der Waals surface area contributed by atoms with Gasteiger partial charge >= 0.3 is 0 Å². The zero-order chi connectivity index (χ0) is 23.4. The summed E-state index contributed by atoms with van der Waals surface area (Å²) in [6.45, 7) is 0. The molecule has 0 bridgehead atoms. The van der Waals surface area contributed by atoms with Crippen molar-refractivity contribution < 1.29 is 30.3 Å². The molecule has 0 amide bonds. The molecule has 1 N–H and O–H groups in total. The van der Waals surface area contributed by atoms with Gasteiger partial charge < -0.3 is 14.4 Å². The largest absolute Gasteiger partial charge is 0.505 e. The van der Waals surface area contributed by atoms with Crippen LogP contribution in [0.4, 0.5) is 0 Å². The Morgan fingerprint density at radius 2 is 1.56 bits per heavy atom. The van der Waals surface area contributed by atoms with Gasteiger partial charge in [0.05, 0.1) is 0 Å². The van der Waals surface area contributed by atoms with Crippen molar-refractivity contribution in [2.75, 3.05) is 0 Å². The van der Waals surface area contributed by atoms with Crippen molar-refractivity contribution in [3.05, 3.63) is 109 Å². The van der Waals surface area contributed by atoms with E-state index in [1.54, 1.807) is 6.20 Å². The van der Waals surface area contributed by atoms with Crippen LogP contribution in [-0.4, -0.2) is 19.6 Å². The summed E-state index contributed by atoms with van der Waals surface area (Å²) in [5.41, 5.74) is 2.43. The number of pyridine rings is 2. The Hall–Kier alpha value is -4.24. The Bertz CT molecular complexity index is 1900. The molecule has 0 spiro atoms. The van der Waals surface area contributed by atoms with Crippen LogP contribution in [0.3, 0.4) is 0 Å². The van der Waals surface area contributed by atoms with Gasteiger partial charge in [0.1, 0.15) is 17.1 Å². The van der Waals surface area contributed by atoms with Crippen molar-refractivity contribution in [1.82, 2.24) is 14.5 Å². The number of benzene rings is 4. The van der Waals surface area contributed by atoms with Crippen molar-refractivity contribution in [2.24, 2.45) is 0 Å². The number of nitrogens with zero attached hydrogens (tertiary/aromatic N) is 3. The molecule has 3 aromatic heterocycles. The predicted molar refractivity (Wildman–Crippen MR) is 138 cm³/mol. The molecule has 7 aromatic rings. The van der Waals surface area contributed by atoms with Crippen molar-refractivity contribution in [2.45, 2.75) is 0 Å². The van der Waals surface area contributed by atoms with Crippen LogP contribution in [-0.2, 0) is 20.4 Å². The fourth-order valence-electron chi connectivity index (χ4n) is 4.72. The van der Waals surface area contributed by atoms with E-state index in [1.807, 2.05) is 84.9 Å². The Morgan fingerprint density at radius 3 is 2.42 bits per heavy atom. The summed E-state index contributed by atoms with van der Waals surface area (Å²) in [7, 11) is 0. The Kier molecular flexibility index (Phi) is 5.41. The topological polar surface area (TPSA) is 60.2 Å². The molecule has 0 aliphatic carbocycles. The van der Waals surface area contributed by atoms with Gasteiger partial charge in [0.25, 0.3) is 0 Å². The van der Waals surface area contributed by atoms with Crippen LogP contribution in [0.2, 0.25) is 0 Å². The number of hydrogen-bond acceptors (Lipinski definition) is 4. The normalized spacial score (nSPS) is 11.2. The van der Waals surface area contributed by atoms with Crippen LogP contribution < -0.4 is 4.74 Å². The van der Waals surface area contributed by atoms with E-state index in [0.29, 0.717) is 17.1 Å². The van der Waals surface area contributed by atoms with Gasteiger partial charge in [0.2, 0.25) is 5.88 Å². The van der Waals surface area contributed by atoms with Crippen molar-refractivity contribution >= 4 is 43.5 Å². The second-order valence-electron chi connectivity index (χ2n) is 8.39. The fraction of sp³-hybridized carbons (Fsp3) is 0. The molecule has 0 fully saturated rings. The van der Waals surface area contributed by atoms with Gasteiger partial charge in [0, 0.05) is 54.7 Å². The number of fused-ring (bicyclic) bond motifs is 5. The summed E-state index contributed by atoms with van der Waals surface area (Å²) in [6.07, 6.45) is 1.78. The van der Waals surface area contributed by atoms with E-state index >= 15 is 0 Å². The van der Waals surface area contributed by atoms with Crippen LogP contribution in [0, 0.1) is 6.07 Å². The molecule has 5 nitrogen and oxygen atoms in total. The predicted octanol–water partition coefficient (Wildman–Crippen LogP) is 7.18. The molecule has 0 unspecified atom stereocenters. The molecule has 4 aromatic carbocycles. The zero-order valence-electron chi connectivity index (χ0n) is 18.8. The average molecular weight is 559 g/mol. The second-order valence-corrected chi connectivity index (χ2v) is 8.39. The molecule has 36 heavy (non-hydrogen) atoms. The Labute approximate surface area is 220 Å². The number of ether oxygens (including phenoxy) is 1. The number of phenolic OH excluding ortho intramolecular Hbond substituents is 1. The Morgan fingerprint density at radius 1 is 0.750 bits per heavy atom. The number of aromatic nitrogens is 3. The minimum atomic E-state index is 0. The van der Waals surface area contributed by atoms with E-state index in [-0.39, 0.29) is 26.2 Å². The third kappa shape index (κ3) is 3.51. The minimum Gasteiger partial charge on any atom is -0.505 e. The molecule has 0 saturated carbocycles. The molecule has 0 aliphatic heterocycles. The van der Waals surface area contributed by atoms with Gasteiger partial charge in [0.15, 0.2) is 0 Å². The summed E-state index contributed by atoms with van der Waals surface area (Å²) in [5, 5.41) is 15.6. The molecule has 0 radical (unpaired) electrons. The molecule has 0 atom stereocenters. The monoisotopic (exact) mass is 558 g/mol. The maximum absolute atomic E-state index is 10.8. The molecule has 3 heterocycles. The van der Waals surface area contributed by atoms with Gasteiger partial charge in [-0.3, -0.25) is 0 Å². The third-order valence-electron chi connectivity index (χ3n) is 6.30. The van der Waals surface area contributed by atoms with Gasteiger partial charge in [-0.2, -0.15) is 6.07 Å². The molecular formula is C30H18N3O2Pd-. The van der Waals surface area contributed by atoms with Crippen LogP contribution in [0.5, 0.6) is 17.4 Å². The van der Waals surface area contributed by atoms with Crippen LogP contribution in [0.1, 0.15) is 0 Å². The van der Waals surface area contributed by atoms with E-state index in [4.69, 9.17) is 4.74 Å². The first-order chi connectivity index (χ1) is 17.3. The molecular weight excluding hydrogens is 541 g/mol. The average Bonchev–Trinajstić information content (AvgIpc) is 3.23. The summed E-state index contributed by atoms with van der Waals surface area (Å²) >= 11 is 0. The number of aromatic hydroxyl groups is 1. The first-order valence-corrected chi connectivity index (χ1v) is 11.3. The number of hydrogen-bond donors (Lipinski definition) is 1. The van der Waals surface area contributed by atoms with Gasteiger partial charge in [-0.05, 0) is 41.1 Å². The van der Waals surface area contributed by atoms with E-state index in [0.717, 1.165) is 43.8 Å². The third-order valence-corrected chi connectivity index (χ3v) is 6.30. The maximum Gasteiger partial charge on any atom is 0.217 e. The summed E-state index contributed by atoms with van der Waals surface area (Å²) in [4.78, 5) is 9.18. The summed E-state index contributed by atoms with van der Waals surface area (Å²) in [5.74, 6) is 1.88. The number of phenols is 1. The van der Waals surface area contributed by atoms with Crippen molar-refractivity contribution in [3.63, 3.8) is 0 Å². The molecule has 7 rings (SSSR count). The smallest absolute Gasteiger partial charge is 0.217 e. The fourth-order valence-corrected chi connectivity index (χ4v) is 4.72. The van der Waals surface area contributed by atoms with Gasteiger partial charge in [-0.25, -0.2) is 9.97 Å². The van der Waals surface area contributed by atoms with E-state index < -0.39 is 0 Å². The van der Waals surface area contributed by atoms with E-state index in [9.17, 15) is 5.11 Å². The van der Waals surface area contributed by atoms with Gasteiger partial charge in [-0.1, -0.05) is 54.0 Å². The molecule has 0 saturated heterocycles. The first kappa shape index (κ1) is 22.2. The minimum absolute atomic E-state index is 0. The quantitative estimate of drug-likeness (QED) is 0.142. The summed E-state index contributed by atoms with van der Waals surface area (Å²) < 4.78 is 8.22. The van der Waals surface area contributed by atoms with Crippen LogP contribution in [0.25, 0.3) is 49.3 Å². The van der Waals surface area contributed by atoms with Crippen molar-refractivity contribution in [1.29, 1.82) is 0 Å². The molecule has 0 aliphatic rings. The van der Waals surface area contributed by atoms with E-state index in [2.05, 4.69) is 32.7 Å². The maximum atomic E-state index is 10.8. The number of para-hydroxylation sites is 1. The van der Waals surface area contributed by atoms with Crippen LogP contribution >= 0.6 is 0 Å². The second kappa shape index (κ2) is 8.76. The first-order valence-electron chi connectivity index (χ1n) is 11.3. The SMILES string of the molecule is Oc1c2ccccc2cc2ccc(Oc3[c-]c4c(cc3)c3ccccc3n4-c3ccccn3)nc12.[Pd]. The molecule has 6 heteroatoms. The Balaban J connectivity index is 0.00000240. The van der Waals surface area contributed by atoms with Crippen molar-refractivity contribution in [3.8, 4) is 23.2 Å². The standard InChI is InChI=1S/C30H18N3O2.Pd/c34-30-22-8-2-1-7-19(22)17-20-12-15-28(32-29(20)30)35-21-13-14-24-23-9-3-4-10-25(23)33(26(24)18-21)27-11-5-6-16-31-27;/h1-17,34H;/q-1;. The molecule has 176 valence electrons. The van der Waals surface area contributed by atoms with Gasteiger partial charge in [-0.15, -0.1) is 17.5 Å². The van der Waals surface area contributed by atoms with E-state index in [1.165, 1.54) is 0 Å². The number of rotatable bonds is 3.